The van der Waals surface area contributed by atoms with Crippen molar-refractivity contribution in [2.45, 2.75) is 84.1 Å². The first-order valence-corrected chi connectivity index (χ1v) is 12.5. The van der Waals surface area contributed by atoms with Gasteiger partial charge < -0.3 is 0 Å². The van der Waals surface area contributed by atoms with Crippen molar-refractivity contribution in [3.8, 4) is 0 Å². The van der Waals surface area contributed by atoms with Crippen molar-refractivity contribution in [1.82, 2.24) is 4.40 Å². The van der Waals surface area contributed by atoms with Crippen LogP contribution in [0.5, 0.6) is 0 Å². The number of benzene rings is 2. The van der Waals surface area contributed by atoms with Gasteiger partial charge in [-0.25, -0.2) is 4.57 Å². The number of fused-ring (bicyclic) bond motifs is 3. The number of rotatable bonds is 7. The normalized spacial score (nSPS) is 15.5. The van der Waals surface area contributed by atoms with E-state index in [9.17, 15) is 0 Å². The minimum absolute atomic E-state index is 0.0895. The molecule has 4 aromatic rings. The predicted octanol–water partition coefficient (Wildman–Crippen LogP) is 7.93. The molecule has 1 aliphatic heterocycles. The Morgan fingerprint density at radius 1 is 1.00 bits per heavy atom. The maximum atomic E-state index is 4.68. The summed E-state index contributed by atoms with van der Waals surface area (Å²) in [5, 5.41) is 2.64. The SMILES string of the molecule is C=C1c2cccc3ccn4c5cc(C(C)(C)CCCCC)ccc5[n+](c4c23)C1(CC)CC. The monoisotopic (exact) mass is 425 g/mol. The molecule has 2 heteroatoms. The van der Waals surface area contributed by atoms with E-state index < -0.39 is 0 Å². The van der Waals surface area contributed by atoms with Gasteiger partial charge in [0.15, 0.2) is 11.0 Å². The summed E-state index contributed by atoms with van der Waals surface area (Å²) in [5.74, 6) is 0. The summed E-state index contributed by atoms with van der Waals surface area (Å²) < 4.78 is 5.06. The van der Waals surface area contributed by atoms with Crippen LogP contribution in [0.3, 0.4) is 0 Å². The molecule has 0 atom stereocenters. The fourth-order valence-corrected chi connectivity index (χ4v) is 6.18. The van der Waals surface area contributed by atoms with Gasteiger partial charge in [-0.15, -0.1) is 0 Å². The number of hydrogen-bond donors (Lipinski definition) is 0. The van der Waals surface area contributed by atoms with Crippen LogP contribution in [0.15, 0.2) is 55.2 Å². The summed E-state index contributed by atoms with van der Waals surface area (Å²) in [4.78, 5) is 0. The molecule has 0 unspecified atom stereocenters. The summed E-state index contributed by atoms with van der Waals surface area (Å²) in [5.41, 5.74) is 8.08. The summed E-state index contributed by atoms with van der Waals surface area (Å²) >= 11 is 0. The lowest BCUT2D eigenvalue weighted by molar-refractivity contribution is -0.703. The number of aromatic nitrogens is 2. The van der Waals surface area contributed by atoms with Crippen molar-refractivity contribution in [2.75, 3.05) is 0 Å². The van der Waals surface area contributed by atoms with Gasteiger partial charge in [-0.2, -0.15) is 4.40 Å². The average Bonchev–Trinajstić information content (AvgIpc) is 3.14. The van der Waals surface area contributed by atoms with E-state index in [1.54, 1.807) is 0 Å². The van der Waals surface area contributed by atoms with E-state index in [1.165, 1.54) is 69.8 Å². The Kier molecular flexibility index (Phi) is 4.96. The molecule has 166 valence electrons. The molecule has 3 heterocycles. The lowest BCUT2D eigenvalue weighted by Crippen LogP contribution is -2.57. The minimum atomic E-state index is -0.0895. The van der Waals surface area contributed by atoms with Gasteiger partial charge in [0, 0.05) is 5.57 Å². The molecule has 0 aliphatic carbocycles. The number of hydrogen-bond acceptors (Lipinski definition) is 0. The van der Waals surface area contributed by atoms with Crippen LogP contribution in [0.4, 0.5) is 0 Å². The lowest BCUT2D eigenvalue weighted by Gasteiger charge is -2.35. The molecule has 0 saturated carbocycles. The Morgan fingerprint density at radius 2 is 1.78 bits per heavy atom. The van der Waals surface area contributed by atoms with Gasteiger partial charge in [-0.05, 0) is 59.4 Å². The third kappa shape index (κ3) is 2.74. The van der Waals surface area contributed by atoms with Crippen molar-refractivity contribution >= 4 is 33.0 Å². The molecule has 2 nitrogen and oxygen atoms in total. The highest BCUT2D eigenvalue weighted by Crippen LogP contribution is 2.44. The van der Waals surface area contributed by atoms with Crippen LogP contribution in [0, 0.1) is 0 Å². The van der Waals surface area contributed by atoms with Crippen molar-refractivity contribution in [3.05, 3.63) is 66.4 Å². The second kappa shape index (κ2) is 7.47. The zero-order valence-electron chi connectivity index (χ0n) is 20.5. The summed E-state index contributed by atoms with van der Waals surface area (Å²) in [6.45, 7) is 16.4. The molecular formula is C30H37N2+. The topological polar surface area (TPSA) is 8.29 Å². The second-order valence-corrected chi connectivity index (χ2v) is 10.4. The van der Waals surface area contributed by atoms with Crippen LogP contribution in [-0.4, -0.2) is 4.40 Å². The highest BCUT2D eigenvalue weighted by atomic mass is 15.2. The number of pyridine rings is 1. The molecule has 0 saturated heterocycles. The van der Waals surface area contributed by atoms with E-state index in [-0.39, 0.29) is 11.0 Å². The predicted molar refractivity (Wildman–Crippen MR) is 137 cm³/mol. The molecule has 32 heavy (non-hydrogen) atoms. The summed E-state index contributed by atoms with van der Waals surface area (Å²) in [7, 11) is 0. The Bertz CT molecular complexity index is 1350. The average molecular weight is 426 g/mol. The van der Waals surface area contributed by atoms with E-state index in [4.69, 9.17) is 0 Å². The zero-order chi connectivity index (χ0) is 22.7. The summed E-state index contributed by atoms with van der Waals surface area (Å²) in [6.07, 6.45) is 9.46. The van der Waals surface area contributed by atoms with Gasteiger partial charge in [0.2, 0.25) is 0 Å². The molecule has 0 bridgehead atoms. The number of unbranched alkanes of at least 4 members (excludes halogenated alkanes) is 2. The van der Waals surface area contributed by atoms with Crippen molar-refractivity contribution < 1.29 is 4.57 Å². The van der Waals surface area contributed by atoms with E-state index in [1.807, 2.05) is 0 Å². The van der Waals surface area contributed by atoms with Crippen molar-refractivity contribution in [1.29, 1.82) is 0 Å². The highest BCUT2D eigenvalue weighted by Gasteiger charge is 2.45. The Morgan fingerprint density at radius 3 is 2.50 bits per heavy atom. The quantitative estimate of drug-likeness (QED) is 0.210. The highest BCUT2D eigenvalue weighted by molar-refractivity contribution is 6.05. The number of nitrogens with zero attached hydrogens (tertiary/aromatic N) is 2. The van der Waals surface area contributed by atoms with Gasteiger partial charge in [0.1, 0.15) is 5.54 Å². The third-order valence-electron chi connectivity index (χ3n) is 8.31. The lowest BCUT2D eigenvalue weighted by atomic mass is 9.77. The summed E-state index contributed by atoms with van der Waals surface area (Å²) in [6, 6.07) is 16.2. The molecular weight excluding hydrogens is 388 g/mol. The molecule has 5 rings (SSSR count). The van der Waals surface area contributed by atoms with Crippen LogP contribution < -0.4 is 4.57 Å². The van der Waals surface area contributed by atoms with E-state index >= 15 is 0 Å². The van der Waals surface area contributed by atoms with Gasteiger partial charge in [0.05, 0.1) is 11.6 Å². The van der Waals surface area contributed by atoms with Crippen LogP contribution in [0.2, 0.25) is 0 Å². The fourth-order valence-electron chi connectivity index (χ4n) is 6.18. The standard InChI is InChI=1S/C30H37N2/c1-7-10-11-18-29(5,6)23-15-16-25-26(20-23)31-19-17-22-13-12-14-24-21(4)30(8-2,9-3)32(25)28(31)27(22)24/h12-17,19-20H,4,7-11,18H2,1-3,5-6H3/q+1. The van der Waals surface area contributed by atoms with Crippen LogP contribution in [0.1, 0.15) is 84.3 Å². The third-order valence-corrected chi connectivity index (χ3v) is 8.31. The Hall–Kier alpha value is -2.61. The number of allylic oxidation sites excluding steroid dienone is 1. The molecule has 0 amide bonds. The molecule has 0 N–H and O–H groups in total. The molecule has 0 radical (unpaired) electrons. The maximum Gasteiger partial charge on any atom is 0.296 e. The molecule has 1 aliphatic rings. The first-order valence-electron chi connectivity index (χ1n) is 12.5. The van der Waals surface area contributed by atoms with Crippen LogP contribution in [-0.2, 0) is 11.0 Å². The zero-order valence-corrected chi connectivity index (χ0v) is 20.5. The first kappa shape index (κ1) is 21.2. The largest absolute Gasteiger partial charge is 0.296 e. The van der Waals surface area contributed by atoms with Crippen LogP contribution >= 0.6 is 0 Å². The van der Waals surface area contributed by atoms with E-state index in [0.29, 0.717) is 0 Å². The molecule has 2 aromatic heterocycles. The second-order valence-electron chi connectivity index (χ2n) is 10.4. The maximum absolute atomic E-state index is 4.68. The van der Waals surface area contributed by atoms with Gasteiger partial charge in [0.25, 0.3) is 5.65 Å². The molecule has 0 fully saturated rings. The van der Waals surface area contributed by atoms with Gasteiger partial charge in [-0.3, -0.25) is 0 Å². The van der Waals surface area contributed by atoms with Gasteiger partial charge in [-0.1, -0.05) is 84.7 Å². The van der Waals surface area contributed by atoms with Gasteiger partial charge >= 0.3 is 0 Å². The molecule has 2 aromatic carbocycles. The fraction of sp³-hybridized carbons (Fsp3) is 0.433. The minimum Gasteiger partial charge on any atom is -0.213 e. The Balaban J connectivity index is 1.85. The number of imidazole rings is 1. The smallest absolute Gasteiger partial charge is 0.213 e. The van der Waals surface area contributed by atoms with Crippen LogP contribution in [0.25, 0.3) is 33.0 Å². The van der Waals surface area contributed by atoms with E-state index in [0.717, 1.165) is 12.8 Å². The van der Waals surface area contributed by atoms with E-state index in [2.05, 4.69) is 98.8 Å². The van der Waals surface area contributed by atoms with Crippen molar-refractivity contribution in [3.63, 3.8) is 0 Å². The van der Waals surface area contributed by atoms with Crippen molar-refractivity contribution in [2.24, 2.45) is 0 Å². The molecule has 0 spiro atoms. The first-order chi connectivity index (χ1) is 15.4. The Labute approximate surface area is 192 Å².